The number of hydrogen-bond acceptors (Lipinski definition) is 5. The normalized spacial score (nSPS) is 15.6. The fourth-order valence-electron chi connectivity index (χ4n) is 3.95. The first-order valence-corrected chi connectivity index (χ1v) is 11.1. The second kappa shape index (κ2) is 8.52. The molecule has 30 heavy (non-hydrogen) atoms. The molecule has 1 fully saturated rings. The van der Waals surface area contributed by atoms with Crippen LogP contribution in [-0.2, 0) is 13.2 Å². The maximum atomic E-state index is 12.7. The van der Waals surface area contributed by atoms with Crippen molar-refractivity contribution in [3.8, 4) is 10.4 Å². The molecular formula is C24H24N4OS. The van der Waals surface area contributed by atoms with Crippen LogP contribution in [0.3, 0.4) is 0 Å². The van der Waals surface area contributed by atoms with E-state index in [1.165, 1.54) is 15.3 Å². The number of fused-ring (bicyclic) bond motifs is 1. The van der Waals surface area contributed by atoms with Gasteiger partial charge in [-0.1, -0.05) is 48.5 Å². The van der Waals surface area contributed by atoms with Gasteiger partial charge >= 0.3 is 0 Å². The van der Waals surface area contributed by atoms with E-state index in [9.17, 15) is 4.79 Å². The highest BCUT2D eigenvalue weighted by atomic mass is 32.1. The van der Waals surface area contributed by atoms with Crippen LogP contribution in [0.2, 0.25) is 0 Å². The first-order valence-electron chi connectivity index (χ1n) is 10.3. The SMILES string of the molecule is O=c1c2ccccc2cnn1CN1CCN(Cc2ccc(-c3ccccc3)s2)CC1. The van der Waals surface area contributed by atoms with Crippen molar-refractivity contribution in [2.75, 3.05) is 26.2 Å². The second-order valence-corrected chi connectivity index (χ2v) is 8.87. The van der Waals surface area contributed by atoms with Crippen molar-refractivity contribution in [3.63, 3.8) is 0 Å². The monoisotopic (exact) mass is 416 g/mol. The molecule has 0 amide bonds. The Morgan fingerprint density at radius 2 is 1.57 bits per heavy atom. The van der Waals surface area contributed by atoms with Crippen molar-refractivity contribution in [2.24, 2.45) is 0 Å². The number of aromatic nitrogens is 2. The fraction of sp³-hybridized carbons (Fsp3) is 0.250. The van der Waals surface area contributed by atoms with E-state index in [0.717, 1.165) is 43.5 Å². The Morgan fingerprint density at radius 3 is 2.40 bits per heavy atom. The Kier molecular flexibility index (Phi) is 5.45. The first-order chi connectivity index (χ1) is 14.8. The van der Waals surface area contributed by atoms with Crippen LogP contribution in [0, 0.1) is 0 Å². The molecule has 5 rings (SSSR count). The Morgan fingerprint density at radius 1 is 0.833 bits per heavy atom. The summed E-state index contributed by atoms with van der Waals surface area (Å²) in [5, 5.41) is 6.00. The maximum Gasteiger partial charge on any atom is 0.275 e. The lowest BCUT2D eigenvalue weighted by Crippen LogP contribution is -2.47. The Hall–Kier alpha value is -2.80. The summed E-state index contributed by atoms with van der Waals surface area (Å²) in [7, 11) is 0. The highest BCUT2D eigenvalue weighted by molar-refractivity contribution is 7.15. The standard InChI is InChI=1S/C24H24N4OS/c29-24-22-9-5-4-8-20(22)16-25-28(24)18-27-14-12-26(13-15-27)17-21-10-11-23(30-21)19-6-2-1-3-7-19/h1-11,16H,12-15,17-18H2. The Balaban J connectivity index is 1.19. The lowest BCUT2D eigenvalue weighted by molar-refractivity contribution is 0.0978. The minimum atomic E-state index is -0.0115. The molecule has 6 heteroatoms. The van der Waals surface area contributed by atoms with E-state index < -0.39 is 0 Å². The molecule has 0 saturated carbocycles. The third-order valence-electron chi connectivity index (χ3n) is 5.66. The van der Waals surface area contributed by atoms with Crippen LogP contribution >= 0.6 is 11.3 Å². The molecule has 5 nitrogen and oxygen atoms in total. The predicted molar refractivity (Wildman–Crippen MR) is 123 cm³/mol. The summed E-state index contributed by atoms with van der Waals surface area (Å²) < 4.78 is 1.59. The fourth-order valence-corrected chi connectivity index (χ4v) is 5.00. The van der Waals surface area contributed by atoms with Gasteiger partial charge in [0.1, 0.15) is 0 Å². The summed E-state index contributed by atoms with van der Waals surface area (Å²) in [6.07, 6.45) is 1.79. The molecule has 152 valence electrons. The third-order valence-corrected chi connectivity index (χ3v) is 6.78. The molecule has 0 bridgehead atoms. The summed E-state index contributed by atoms with van der Waals surface area (Å²) >= 11 is 1.88. The zero-order valence-electron chi connectivity index (χ0n) is 16.8. The van der Waals surface area contributed by atoms with E-state index >= 15 is 0 Å². The molecule has 1 saturated heterocycles. The van der Waals surface area contributed by atoms with Gasteiger partial charge in [-0.25, -0.2) is 4.68 Å². The number of rotatable bonds is 5. The van der Waals surface area contributed by atoms with Crippen molar-refractivity contribution in [3.05, 3.63) is 88.2 Å². The van der Waals surface area contributed by atoms with Crippen LogP contribution in [-0.4, -0.2) is 45.8 Å². The molecular weight excluding hydrogens is 392 g/mol. The summed E-state index contributed by atoms with van der Waals surface area (Å²) in [5.74, 6) is 0. The summed E-state index contributed by atoms with van der Waals surface area (Å²) in [5.41, 5.74) is 1.27. The molecule has 2 aromatic heterocycles. The average Bonchev–Trinajstić information content (AvgIpc) is 3.26. The molecule has 4 aromatic rings. The number of benzene rings is 2. The smallest absolute Gasteiger partial charge is 0.275 e. The van der Waals surface area contributed by atoms with E-state index in [1.807, 2.05) is 35.6 Å². The van der Waals surface area contributed by atoms with Crippen LogP contribution in [0.1, 0.15) is 4.88 Å². The van der Waals surface area contributed by atoms with Crippen molar-refractivity contribution < 1.29 is 0 Å². The molecule has 0 unspecified atom stereocenters. The highest BCUT2D eigenvalue weighted by Crippen LogP contribution is 2.28. The van der Waals surface area contributed by atoms with Gasteiger partial charge in [0.05, 0.1) is 18.3 Å². The lowest BCUT2D eigenvalue weighted by Gasteiger charge is -2.34. The van der Waals surface area contributed by atoms with Crippen molar-refractivity contribution in [1.82, 2.24) is 19.6 Å². The summed E-state index contributed by atoms with van der Waals surface area (Å²) in [4.78, 5) is 20.2. The Labute approximate surface area is 179 Å². The molecule has 0 spiro atoms. The highest BCUT2D eigenvalue weighted by Gasteiger charge is 2.19. The Bertz CT molecular complexity index is 1190. The topological polar surface area (TPSA) is 41.4 Å². The predicted octanol–water partition coefficient (Wildman–Crippen LogP) is 3.90. The van der Waals surface area contributed by atoms with Crippen LogP contribution < -0.4 is 5.56 Å². The van der Waals surface area contributed by atoms with Gasteiger partial charge in [0.25, 0.3) is 5.56 Å². The van der Waals surface area contributed by atoms with Crippen LogP contribution in [0.25, 0.3) is 21.2 Å². The number of nitrogens with zero attached hydrogens (tertiary/aromatic N) is 4. The van der Waals surface area contributed by atoms with Crippen LogP contribution in [0.4, 0.5) is 0 Å². The van der Waals surface area contributed by atoms with Gasteiger partial charge in [0, 0.05) is 47.9 Å². The molecule has 0 radical (unpaired) electrons. The molecule has 1 aliphatic heterocycles. The van der Waals surface area contributed by atoms with Crippen molar-refractivity contribution in [2.45, 2.75) is 13.2 Å². The quantitative estimate of drug-likeness (QED) is 0.495. The van der Waals surface area contributed by atoms with Crippen LogP contribution in [0.15, 0.2) is 77.7 Å². The maximum absolute atomic E-state index is 12.7. The summed E-state index contributed by atoms with van der Waals surface area (Å²) in [6.45, 7) is 5.42. The van der Waals surface area contributed by atoms with Gasteiger partial charge in [-0.2, -0.15) is 5.10 Å². The lowest BCUT2D eigenvalue weighted by atomic mass is 10.2. The van der Waals surface area contributed by atoms with Gasteiger partial charge in [-0.15, -0.1) is 11.3 Å². The van der Waals surface area contributed by atoms with Crippen molar-refractivity contribution in [1.29, 1.82) is 0 Å². The largest absolute Gasteiger partial charge is 0.296 e. The zero-order valence-corrected chi connectivity index (χ0v) is 17.6. The van der Waals surface area contributed by atoms with Crippen LogP contribution in [0.5, 0.6) is 0 Å². The van der Waals surface area contributed by atoms with Gasteiger partial charge in [0.15, 0.2) is 0 Å². The van der Waals surface area contributed by atoms with E-state index in [1.54, 1.807) is 10.9 Å². The molecule has 2 aromatic carbocycles. The first kappa shape index (κ1) is 19.2. The van der Waals surface area contributed by atoms with E-state index in [-0.39, 0.29) is 5.56 Å². The van der Waals surface area contributed by atoms with Gasteiger partial charge < -0.3 is 0 Å². The molecule has 1 aliphatic rings. The number of piperazine rings is 1. The molecule has 0 aliphatic carbocycles. The molecule has 0 atom stereocenters. The van der Waals surface area contributed by atoms with E-state index in [0.29, 0.717) is 6.67 Å². The average molecular weight is 417 g/mol. The summed E-state index contributed by atoms with van der Waals surface area (Å²) in [6, 6.07) is 22.7. The minimum absolute atomic E-state index is 0.0115. The van der Waals surface area contributed by atoms with Gasteiger partial charge in [0.2, 0.25) is 0 Å². The molecule has 3 heterocycles. The third kappa shape index (κ3) is 4.07. The van der Waals surface area contributed by atoms with Crippen molar-refractivity contribution >= 4 is 22.1 Å². The minimum Gasteiger partial charge on any atom is -0.296 e. The number of hydrogen-bond donors (Lipinski definition) is 0. The molecule has 0 N–H and O–H groups in total. The second-order valence-electron chi connectivity index (χ2n) is 7.70. The number of thiophene rings is 1. The van der Waals surface area contributed by atoms with Gasteiger partial charge in [-0.3, -0.25) is 14.6 Å². The zero-order chi connectivity index (χ0) is 20.3. The van der Waals surface area contributed by atoms with Gasteiger partial charge in [-0.05, 0) is 23.8 Å². The van der Waals surface area contributed by atoms with E-state index in [2.05, 4.69) is 57.4 Å². The van der Waals surface area contributed by atoms with E-state index in [4.69, 9.17) is 0 Å².